The number of nitrogens with one attached hydrogen (secondary N) is 1. The van der Waals surface area contributed by atoms with Crippen LogP contribution in [-0.4, -0.2) is 37.8 Å². The van der Waals surface area contributed by atoms with Crippen molar-refractivity contribution in [3.05, 3.63) is 34.9 Å². The largest absolute Gasteiger partial charge is 0.314 e. The molecule has 1 aliphatic rings. The molecule has 4 heteroatoms. The van der Waals surface area contributed by atoms with Crippen LogP contribution < -0.4 is 5.32 Å². The second-order valence-electron chi connectivity index (χ2n) is 4.76. The van der Waals surface area contributed by atoms with E-state index in [2.05, 4.69) is 36.2 Å². The van der Waals surface area contributed by atoms with Crippen molar-refractivity contribution in [3.8, 4) is 0 Å². The first-order chi connectivity index (χ1) is 8.24. The Kier molecular flexibility index (Phi) is 6.06. The highest BCUT2D eigenvalue weighted by Crippen LogP contribution is 2.27. The molecule has 18 heavy (non-hydrogen) atoms. The van der Waals surface area contributed by atoms with Gasteiger partial charge in [0.25, 0.3) is 0 Å². The van der Waals surface area contributed by atoms with E-state index in [4.69, 9.17) is 0 Å². The van der Waals surface area contributed by atoms with Crippen molar-refractivity contribution in [3.63, 3.8) is 0 Å². The monoisotopic (exact) mass is 272 g/mol. The lowest BCUT2D eigenvalue weighted by molar-refractivity contribution is 0.146. The third-order valence-corrected chi connectivity index (χ3v) is 3.61. The predicted molar refractivity (Wildman–Crippen MR) is 76.3 cm³/mol. The van der Waals surface area contributed by atoms with Gasteiger partial charge in [-0.1, -0.05) is 18.2 Å². The molecular formula is C14H22ClFN2. The van der Waals surface area contributed by atoms with Gasteiger partial charge in [0, 0.05) is 26.2 Å². The molecule has 0 bridgehead atoms. The molecule has 102 valence electrons. The normalized spacial score (nSPS) is 18.2. The summed E-state index contributed by atoms with van der Waals surface area (Å²) in [6, 6.07) is 6.13. The Morgan fingerprint density at radius 1 is 1.22 bits per heavy atom. The van der Waals surface area contributed by atoms with E-state index in [9.17, 15) is 4.39 Å². The van der Waals surface area contributed by atoms with Crippen LogP contribution in [0, 0.1) is 13.8 Å². The van der Waals surface area contributed by atoms with Crippen LogP contribution in [0.2, 0.25) is 0 Å². The van der Waals surface area contributed by atoms with Gasteiger partial charge in [0.2, 0.25) is 0 Å². The number of benzene rings is 1. The molecule has 0 aromatic heterocycles. The highest BCUT2D eigenvalue weighted by Gasteiger charge is 2.24. The molecule has 0 aliphatic carbocycles. The minimum Gasteiger partial charge on any atom is -0.314 e. The number of hydrogen-bond donors (Lipinski definition) is 1. The van der Waals surface area contributed by atoms with Gasteiger partial charge in [-0.25, -0.2) is 4.39 Å². The lowest BCUT2D eigenvalue weighted by atomic mass is 9.95. The maximum Gasteiger partial charge on any atom is 0.109 e. The Morgan fingerprint density at radius 2 is 1.78 bits per heavy atom. The van der Waals surface area contributed by atoms with Crippen LogP contribution in [0.4, 0.5) is 4.39 Å². The fraction of sp³-hybridized carbons (Fsp3) is 0.571. The Morgan fingerprint density at radius 3 is 2.28 bits per heavy atom. The first-order valence-corrected chi connectivity index (χ1v) is 6.31. The molecule has 0 unspecified atom stereocenters. The minimum atomic E-state index is -0.300. The van der Waals surface area contributed by atoms with Gasteiger partial charge in [-0.15, -0.1) is 12.4 Å². The second-order valence-corrected chi connectivity index (χ2v) is 4.76. The van der Waals surface area contributed by atoms with Gasteiger partial charge in [0.15, 0.2) is 0 Å². The summed E-state index contributed by atoms with van der Waals surface area (Å²) in [5, 5.41) is 3.31. The molecule has 1 aromatic rings. The summed E-state index contributed by atoms with van der Waals surface area (Å²) in [4.78, 5) is 2.26. The van der Waals surface area contributed by atoms with E-state index in [-0.39, 0.29) is 25.1 Å². The van der Waals surface area contributed by atoms with Gasteiger partial charge in [0.05, 0.1) is 6.04 Å². The molecule has 1 saturated heterocycles. The van der Waals surface area contributed by atoms with E-state index in [1.54, 1.807) is 0 Å². The Labute approximate surface area is 115 Å². The molecule has 1 aromatic carbocycles. The summed E-state index contributed by atoms with van der Waals surface area (Å²) in [6.07, 6.45) is 0. The fourth-order valence-electron chi connectivity index (χ4n) is 2.70. The van der Waals surface area contributed by atoms with Crippen molar-refractivity contribution in [2.24, 2.45) is 0 Å². The number of halogens is 2. The van der Waals surface area contributed by atoms with Gasteiger partial charge in [0.1, 0.15) is 6.67 Å². The van der Waals surface area contributed by atoms with E-state index in [1.165, 1.54) is 16.7 Å². The average Bonchev–Trinajstić information content (AvgIpc) is 2.35. The quantitative estimate of drug-likeness (QED) is 0.910. The van der Waals surface area contributed by atoms with E-state index >= 15 is 0 Å². The molecule has 0 radical (unpaired) electrons. The van der Waals surface area contributed by atoms with E-state index < -0.39 is 0 Å². The van der Waals surface area contributed by atoms with Crippen LogP contribution in [-0.2, 0) is 0 Å². The van der Waals surface area contributed by atoms with E-state index in [0.29, 0.717) is 0 Å². The van der Waals surface area contributed by atoms with Crippen molar-refractivity contribution >= 4 is 12.4 Å². The predicted octanol–water partition coefficient (Wildman–Crippen LogP) is 2.64. The zero-order chi connectivity index (χ0) is 12.3. The molecule has 1 atom stereocenters. The zero-order valence-electron chi connectivity index (χ0n) is 11.1. The van der Waals surface area contributed by atoms with Crippen molar-refractivity contribution in [2.45, 2.75) is 19.9 Å². The van der Waals surface area contributed by atoms with Crippen LogP contribution in [0.15, 0.2) is 18.2 Å². The molecule has 2 nitrogen and oxygen atoms in total. The van der Waals surface area contributed by atoms with Crippen molar-refractivity contribution in [2.75, 3.05) is 32.9 Å². The highest BCUT2D eigenvalue weighted by atomic mass is 35.5. The van der Waals surface area contributed by atoms with Crippen molar-refractivity contribution in [1.82, 2.24) is 10.2 Å². The summed E-state index contributed by atoms with van der Waals surface area (Å²) >= 11 is 0. The Bertz CT molecular complexity index is 358. The number of nitrogens with zero attached hydrogens (tertiary/aromatic N) is 1. The van der Waals surface area contributed by atoms with Crippen LogP contribution in [0.25, 0.3) is 0 Å². The second kappa shape index (κ2) is 7.07. The summed E-state index contributed by atoms with van der Waals surface area (Å²) in [6.45, 7) is 7.64. The Balaban J connectivity index is 0.00000162. The van der Waals surface area contributed by atoms with Gasteiger partial charge in [-0.3, -0.25) is 4.90 Å². The van der Waals surface area contributed by atoms with Crippen LogP contribution >= 0.6 is 12.4 Å². The summed E-state index contributed by atoms with van der Waals surface area (Å²) in [7, 11) is 0. The SMILES string of the molecule is Cc1cccc(C)c1[C@@H](CF)N1CCNCC1.Cl. The maximum absolute atomic E-state index is 13.4. The standard InChI is InChI=1S/C14H21FN2.ClH/c1-11-4-3-5-12(2)14(11)13(10-15)17-8-6-16-7-9-17;/h3-5,13,16H,6-10H2,1-2H3;1H/t13-;/m1./s1. The fourth-order valence-corrected chi connectivity index (χ4v) is 2.70. The maximum atomic E-state index is 13.4. The molecule has 0 saturated carbocycles. The molecule has 1 N–H and O–H groups in total. The van der Waals surface area contributed by atoms with Gasteiger partial charge in [-0.2, -0.15) is 0 Å². The molecule has 1 aliphatic heterocycles. The summed E-state index contributed by atoms with van der Waals surface area (Å²) in [5.74, 6) is 0. The van der Waals surface area contributed by atoms with Gasteiger partial charge < -0.3 is 5.32 Å². The molecular weight excluding hydrogens is 251 g/mol. The van der Waals surface area contributed by atoms with Crippen LogP contribution in [0.5, 0.6) is 0 Å². The average molecular weight is 273 g/mol. The number of piperazine rings is 1. The highest BCUT2D eigenvalue weighted by molar-refractivity contribution is 5.85. The third kappa shape index (κ3) is 3.22. The third-order valence-electron chi connectivity index (χ3n) is 3.61. The summed E-state index contributed by atoms with van der Waals surface area (Å²) < 4.78 is 13.4. The number of alkyl halides is 1. The lowest BCUT2D eigenvalue weighted by Crippen LogP contribution is -2.46. The lowest BCUT2D eigenvalue weighted by Gasteiger charge is -2.35. The molecule has 0 amide bonds. The van der Waals surface area contributed by atoms with Gasteiger partial charge >= 0.3 is 0 Å². The topological polar surface area (TPSA) is 15.3 Å². The summed E-state index contributed by atoms with van der Waals surface area (Å²) in [5.41, 5.74) is 3.58. The number of aryl methyl sites for hydroxylation is 2. The van der Waals surface area contributed by atoms with E-state index in [0.717, 1.165) is 26.2 Å². The number of rotatable bonds is 3. The van der Waals surface area contributed by atoms with E-state index in [1.807, 2.05) is 6.07 Å². The molecule has 1 heterocycles. The van der Waals surface area contributed by atoms with Crippen LogP contribution in [0.3, 0.4) is 0 Å². The van der Waals surface area contributed by atoms with Crippen LogP contribution in [0.1, 0.15) is 22.7 Å². The Hall–Kier alpha value is -0.640. The van der Waals surface area contributed by atoms with Crippen molar-refractivity contribution in [1.29, 1.82) is 0 Å². The van der Waals surface area contributed by atoms with Crippen molar-refractivity contribution < 1.29 is 4.39 Å². The smallest absolute Gasteiger partial charge is 0.109 e. The first kappa shape index (κ1) is 15.4. The molecule has 0 spiro atoms. The molecule has 2 rings (SSSR count). The van der Waals surface area contributed by atoms with Gasteiger partial charge in [-0.05, 0) is 30.5 Å². The minimum absolute atomic E-state index is 0. The first-order valence-electron chi connectivity index (χ1n) is 6.31. The zero-order valence-corrected chi connectivity index (χ0v) is 11.9. The number of hydrogen-bond acceptors (Lipinski definition) is 2. The molecule has 1 fully saturated rings.